The predicted molar refractivity (Wildman–Crippen MR) is 160 cm³/mol. The molecule has 1 aromatic heterocycles. The number of hydrogen-bond donors (Lipinski definition) is 0. The number of amides is 1. The van der Waals surface area contributed by atoms with Crippen molar-refractivity contribution < 1.29 is 23.4 Å². The van der Waals surface area contributed by atoms with Crippen molar-refractivity contribution in [2.24, 2.45) is 0 Å². The molecule has 4 heterocycles. The van der Waals surface area contributed by atoms with Gasteiger partial charge in [0.25, 0.3) is 0 Å². The summed E-state index contributed by atoms with van der Waals surface area (Å²) in [7, 11) is 3.57. The second-order valence-corrected chi connectivity index (χ2v) is 12.4. The fourth-order valence-corrected chi connectivity index (χ4v) is 6.12. The van der Waals surface area contributed by atoms with Crippen molar-refractivity contribution in [1.29, 1.82) is 5.26 Å². The molecule has 3 aliphatic heterocycles. The van der Waals surface area contributed by atoms with Crippen LogP contribution in [0.25, 0.3) is 0 Å². The number of carbonyl (C=O) groups is 1. The fourth-order valence-electron chi connectivity index (χ4n) is 6.12. The number of hydrogen-bond acceptors (Lipinski definition) is 10. The zero-order chi connectivity index (χ0) is 30.7. The molecule has 0 aliphatic carbocycles. The van der Waals surface area contributed by atoms with Gasteiger partial charge in [-0.2, -0.15) is 15.2 Å². The number of likely N-dealkylation sites (N-methyl/N-ethyl adjacent to an activating group) is 1. The van der Waals surface area contributed by atoms with Crippen molar-refractivity contribution in [1.82, 2.24) is 19.8 Å². The van der Waals surface area contributed by atoms with Crippen LogP contribution in [-0.2, 0) is 17.7 Å². The van der Waals surface area contributed by atoms with E-state index < -0.39 is 17.5 Å². The Morgan fingerprint density at radius 3 is 2.65 bits per heavy atom. The van der Waals surface area contributed by atoms with Crippen LogP contribution in [0.5, 0.6) is 11.8 Å². The summed E-state index contributed by atoms with van der Waals surface area (Å²) >= 11 is 0. The topological polar surface area (TPSA) is 107 Å². The molecule has 12 heteroatoms. The average Bonchev–Trinajstić information content (AvgIpc) is 3.38. The molecule has 1 unspecified atom stereocenters. The van der Waals surface area contributed by atoms with E-state index in [1.54, 1.807) is 11.0 Å². The summed E-state index contributed by atoms with van der Waals surface area (Å²) in [5.74, 6) is 0.557. The number of methoxy groups -OCH3 is 1. The Morgan fingerprint density at radius 2 is 1.95 bits per heavy atom. The molecule has 11 nitrogen and oxygen atoms in total. The Kier molecular flexibility index (Phi) is 9.11. The van der Waals surface area contributed by atoms with Crippen LogP contribution in [0.4, 0.5) is 20.7 Å². The maximum atomic E-state index is 14.6. The van der Waals surface area contributed by atoms with E-state index in [0.29, 0.717) is 63.5 Å². The van der Waals surface area contributed by atoms with E-state index in [0.717, 1.165) is 36.5 Å². The summed E-state index contributed by atoms with van der Waals surface area (Å²) in [6.45, 7) is 9.44. The van der Waals surface area contributed by atoms with Crippen molar-refractivity contribution in [3.8, 4) is 17.8 Å². The molecule has 3 aliphatic rings. The standard InChI is InChI=1S/C31H42FN7O4/c1-31(2,3)43-30(40)39-17-16-38(18-21(39)11-13-33)28-23-12-15-37(26-10-6-9-24(32)27(26)41-5)19-25(23)34-29(35-28)42-20-22-8-7-14-36(22)4/h6,9-10,21-22H,7-8,11-12,14-20H2,1-5H3/t21?,22-/m0/s1. The first-order valence-corrected chi connectivity index (χ1v) is 15.0. The molecule has 232 valence electrons. The number of aromatic nitrogens is 2. The average molecular weight is 596 g/mol. The summed E-state index contributed by atoms with van der Waals surface area (Å²) in [6, 6.07) is 7.41. The molecular formula is C31H42FN7O4. The zero-order valence-corrected chi connectivity index (χ0v) is 25.8. The molecule has 43 heavy (non-hydrogen) atoms. The first kappa shape index (κ1) is 30.6. The number of likely N-dealkylation sites (tertiary alicyclic amines) is 1. The molecule has 2 fully saturated rings. The monoisotopic (exact) mass is 595 g/mol. The molecule has 0 spiro atoms. The smallest absolute Gasteiger partial charge is 0.410 e. The molecule has 1 amide bonds. The van der Waals surface area contributed by atoms with Gasteiger partial charge in [0, 0.05) is 37.8 Å². The number of rotatable bonds is 7. The van der Waals surface area contributed by atoms with E-state index in [-0.39, 0.29) is 18.2 Å². The van der Waals surface area contributed by atoms with Gasteiger partial charge >= 0.3 is 12.1 Å². The van der Waals surface area contributed by atoms with Gasteiger partial charge in [0.15, 0.2) is 11.6 Å². The van der Waals surface area contributed by atoms with Crippen LogP contribution in [0.3, 0.4) is 0 Å². The van der Waals surface area contributed by atoms with Gasteiger partial charge in [-0.25, -0.2) is 9.18 Å². The van der Waals surface area contributed by atoms with E-state index in [9.17, 15) is 14.4 Å². The number of halogens is 1. The lowest BCUT2D eigenvalue weighted by molar-refractivity contribution is 0.0144. The van der Waals surface area contributed by atoms with Gasteiger partial charge in [0.2, 0.25) is 0 Å². The van der Waals surface area contributed by atoms with E-state index in [4.69, 9.17) is 24.2 Å². The molecule has 0 bridgehead atoms. The molecule has 2 atom stereocenters. The number of ether oxygens (including phenoxy) is 3. The van der Waals surface area contributed by atoms with Crippen LogP contribution in [0.1, 0.15) is 51.3 Å². The maximum Gasteiger partial charge on any atom is 0.410 e. The van der Waals surface area contributed by atoms with Crippen LogP contribution in [0.15, 0.2) is 18.2 Å². The van der Waals surface area contributed by atoms with Gasteiger partial charge in [-0.05, 0) is 65.8 Å². The Bertz CT molecular complexity index is 1360. The summed E-state index contributed by atoms with van der Waals surface area (Å²) in [5.41, 5.74) is 1.85. The number of piperazine rings is 1. The van der Waals surface area contributed by atoms with E-state index in [1.165, 1.54) is 13.2 Å². The number of fused-ring (bicyclic) bond motifs is 1. The molecule has 0 saturated carbocycles. The lowest BCUT2D eigenvalue weighted by Crippen LogP contribution is -2.56. The van der Waals surface area contributed by atoms with Crippen molar-refractivity contribution in [2.75, 3.05) is 63.3 Å². The predicted octanol–water partition coefficient (Wildman–Crippen LogP) is 4.00. The third-order valence-corrected chi connectivity index (χ3v) is 8.33. The summed E-state index contributed by atoms with van der Waals surface area (Å²) < 4.78 is 31.8. The SMILES string of the molecule is COc1c(F)cccc1N1CCc2c(nc(OC[C@@H]3CCCN3C)nc2N2CCN(C(=O)OC(C)(C)C)C(CC#N)C2)C1. The molecule has 2 saturated heterocycles. The van der Waals surface area contributed by atoms with E-state index in [2.05, 4.69) is 27.8 Å². The molecule has 5 rings (SSSR count). The highest BCUT2D eigenvalue weighted by atomic mass is 19.1. The Balaban J connectivity index is 1.44. The largest absolute Gasteiger partial charge is 0.492 e. The first-order valence-electron chi connectivity index (χ1n) is 15.0. The highest BCUT2D eigenvalue weighted by Gasteiger charge is 2.36. The lowest BCUT2D eigenvalue weighted by Gasteiger charge is -2.42. The number of nitrogens with zero attached hydrogens (tertiary/aromatic N) is 7. The minimum Gasteiger partial charge on any atom is -0.492 e. The molecule has 2 aromatic rings. The summed E-state index contributed by atoms with van der Waals surface area (Å²) in [4.78, 5) is 30.9. The number of nitriles is 1. The molecule has 1 aromatic carbocycles. The number of para-hydroxylation sites is 1. The van der Waals surface area contributed by atoms with Crippen LogP contribution in [0, 0.1) is 17.1 Å². The third-order valence-electron chi connectivity index (χ3n) is 8.33. The van der Waals surface area contributed by atoms with Crippen molar-refractivity contribution >= 4 is 17.6 Å². The van der Waals surface area contributed by atoms with Gasteiger partial charge < -0.3 is 33.8 Å². The van der Waals surface area contributed by atoms with Crippen LogP contribution < -0.4 is 19.3 Å². The number of carbonyl (C=O) groups excluding carboxylic acids is 1. The quantitative estimate of drug-likeness (QED) is 0.466. The second-order valence-electron chi connectivity index (χ2n) is 12.4. The van der Waals surface area contributed by atoms with Crippen molar-refractivity contribution in [3.05, 3.63) is 35.3 Å². The molecule has 0 radical (unpaired) electrons. The van der Waals surface area contributed by atoms with Gasteiger partial charge in [-0.1, -0.05) is 6.07 Å². The van der Waals surface area contributed by atoms with Gasteiger partial charge in [0.1, 0.15) is 18.0 Å². The van der Waals surface area contributed by atoms with E-state index >= 15 is 0 Å². The second kappa shape index (κ2) is 12.8. The van der Waals surface area contributed by atoms with Gasteiger partial charge in [-0.15, -0.1) is 0 Å². The minimum atomic E-state index is -0.632. The van der Waals surface area contributed by atoms with E-state index in [1.807, 2.05) is 26.8 Å². The van der Waals surface area contributed by atoms with Crippen molar-refractivity contribution in [2.45, 2.75) is 70.7 Å². The fraction of sp³-hybridized carbons (Fsp3) is 0.613. The van der Waals surface area contributed by atoms with Gasteiger partial charge in [0.05, 0.1) is 43.6 Å². The number of benzene rings is 1. The third kappa shape index (κ3) is 6.88. The highest BCUT2D eigenvalue weighted by molar-refractivity contribution is 5.69. The van der Waals surface area contributed by atoms with Crippen LogP contribution in [-0.4, -0.2) is 97.0 Å². The number of anilines is 2. The summed E-state index contributed by atoms with van der Waals surface area (Å²) in [6.07, 6.45) is 2.58. The van der Waals surface area contributed by atoms with Gasteiger partial charge in [-0.3, -0.25) is 0 Å². The van der Waals surface area contributed by atoms with Crippen molar-refractivity contribution in [3.63, 3.8) is 0 Å². The zero-order valence-electron chi connectivity index (χ0n) is 25.8. The lowest BCUT2D eigenvalue weighted by atomic mass is 10.0. The Labute approximate surface area is 253 Å². The maximum absolute atomic E-state index is 14.6. The first-order chi connectivity index (χ1) is 20.6. The van der Waals surface area contributed by atoms with Crippen LogP contribution >= 0.6 is 0 Å². The molecule has 0 N–H and O–H groups in total. The van der Waals surface area contributed by atoms with Crippen LogP contribution in [0.2, 0.25) is 0 Å². The Hall–Kier alpha value is -3.85. The minimum absolute atomic E-state index is 0.174. The normalized spacial score (nSPS) is 20.9. The molecular weight excluding hydrogens is 553 g/mol. The Morgan fingerprint density at radius 1 is 1.14 bits per heavy atom. The summed E-state index contributed by atoms with van der Waals surface area (Å²) in [5, 5.41) is 9.60. The highest BCUT2D eigenvalue weighted by Crippen LogP contribution is 2.37.